The van der Waals surface area contributed by atoms with Crippen molar-refractivity contribution < 1.29 is 9.53 Å². The number of rotatable bonds is 3. The number of carbonyl (C=O) groups excluding carboxylic acids is 1. The third-order valence-corrected chi connectivity index (χ3v) is 4.27. The molecule has 1 atom stereocenters. The summed E-state index contributed by atoms with van der Waals surface area (Å²) in [5, 5.41) is 0. The number of Topliss-reactive ketones (excluding diaryl/α,β-unsaturated/α-hetero) is 1. The van der Waals surface area contributed by atoms with Crippen LogP contribution in [0.2, 0.25) is 0 Å². The molecule has 2 aromatic carbocycles. The number of aryl methyl sites for hydroxylation is 1. The van der Waals surface area contributed by atoms with Gasteiger partial charge in [0.15, 0.2) is 5.78 Å². The van der Waals surface area contributed by atoms with Crippen LogP contribution in [0.3, 0.4) is 0 Å². The van der Waals surface area contributed by atoms with E-state index in [0.29, 0.717) is 0 Å². The smallest absolute Gasteiger partial charge is 0.166 e. The van der Waals surface area contributed by atoms with Crippen LogP contribution in [-0.2, 0) is 12.8 Å². The van der Waals surface area contributed by atoms with Crippen LogP contribution in [0.25, 0.3) is 0 Å². The van der Waals surface area contributed by atoms with Gasteiger partial charge in [0, 0.05) is 11.5 Å². The molecule has 0 aromatic heterocycles. The number of hydrogen-bond donors (Lipinski definition) is 0. The Hall–Kier alpha value is -2.09. The molecule has 2 heteroatoms. The summed E-state index contributed by atoms with van der Waals surface area (Å²) in [6.07, 6.45) is 3.82. The van der Waals surface area contributed by atoms with E-state index in [2.05, 4.69) is 12.1 Å². The summed E-state index contributed by atoms with van der Waals surface area (Å²) in [6.45, 7) is 0. The Bertz CT molecular complexity index is 631. The molecule has 108 valence electrons. The van der Waals surface area contributed by atoms with Crippen molar-refractivity contribution >= 4 is 5.78 Å². The monoisotopic (exact) mass is 280 g/mol. The molecule has 0 aliphatic heterocycles. The first kappa shape index (κ1) is 13.9. The highest BCUT2D eigenvalue weighted by Crippen LogP contribution is 2.29. The minimum atomic E-state index is 0.0991. The van der Waals surface area contributed by atoms with Crippen molar-refractivity contribution in [1.82, 2.24) is 0 Å². The second-order valence-corrected chi connectivity index (χ2v) is 5.67. The molecular weight excluding hydrogens is 260 g/mol. The maximum absolute atomic E-state index is 12.8. The molecule has 1 unspecified atom stereocenters. The van der Waals surface area contributed by atoms with Crippen LogP contribution in [0.15, 0.2) is 48.5 Å². The second kappa shape index (κ2) is 6.13. The van der Waals surface area contributed by atoms with E-state index in [9.17, 15) is 4.79 Å². The minimum Gasteiger partial charge on any atom is -0.497 e. The van der Waals surface area contributed by atoms with Crippen LogP contribution in [-0.4, -0.2) is 12.9 Å². The van der Waals surface area contributed by atoms with Crippen molar-refractivity contribution in [2.75, 3.05) is 7.11 Å². The minimum absolute atomic E-state index is 0.0991. The van der Waals surface area contributed by atoms with Crippen LogP contribution in [0.4, 0.5) is 0 Å². The Kier molecular flexibility index (Phi) is 4.05. The van der Waals surface area contributed by atoms with Crippen LogP contribution in [0, 0.1) is 5.92 Å². The molecule has 0 bridgehead atoms. The Morgan fingerprint density at radius 1 is 1.14 bits per heavy atom. The van der Waals surface area contributed by atoms with Gasteiger partial charge in [-0.25, -0.2) is 0 Å². The molecule has 0 spiro atoms. The molecule has 0 heterocycles. The predicted molar refractivity (Wildman–Crippen MR) is 83.9 cm³/mol. The average Bonchev–Trinajstić information content (AvgIpc) is 2.68. The van der Waals surface area contributed by atoms with Gasteiger partial charge in [-0.05, 0) is 55.0 Å². The maximum Gasteiger partial charge on any atom is 0.166 e. The fourth-order valence-electron chi connectivity index (χ4n) is 3.13. The fraction of sp³-hybridized carbons (Fsp3) is 0.316. The lowest BCUT2D eigenvalue weighted by atomic mass is 9.89. The number of methoxy groups -OCH3 is 1. The van der Waals surface area contributed by atoms with E-state index >= 15 is 0 Å². The first-order valence-electron chi connectivity index (χ1n) is 7.53. The molecule has 21 heavy (non-hydrogen) atoms. The summed E-state index contributed by atoms with van der Waals surface area (Å²) in [5.74, 6) is 1.22. The lowest BCUT2D eigenvalue weighted by Gasteiger charge is -2.14. The van der Waals surface area contributed by atoms with E-state index < -0.39 is 0 Å². The third kappa shape index (κ3) is 2.99. The molecule has 0 radical (unpaired) electrons. The first-order chi connectivity index (χ1) is 10.3. The molecule has 0 saturated carbocycles. The zero-order valence-corrected chi connectivity index (χ0v) is 12.3. The molecule has 0 amide bonds. The molecular formula is C19H20O2. The lowest BCUT2D eigenvalue weighted by Crippen LogP contribution is -2.16. The Morgan fingerprint density at radius 2 is 1.95 bits per heavy atom. The highest BCUT2D eigenvalue weighted by atomic mass is 16.5. The largest absolute Gasteiger partial charge is 0.497 e. The van der Waals surface area contributed by atoms with E-state index in [1.54, 1.807) is 7.11 Å². The molecule has 2 aromatic rings. The average molecular weight is 280 g/mol. The van der Waals surface area contributed by atoms with Crippen molar-refractivity contribution in [2.45, 2.75) is 25.7 Å². The Labute approximate surface area is 125 Å². The number of fused-ring (bicyclic) bond motifs is 1. The summed E-state index contributed by atoms with van der Waals surface area (Å²) in [5.41, 5.74) is 3.26. The molecule has 0 N–H and O–H groups in total. The third-order valence-electron chi connectivity index (χ3n) is 4.27. The van der Waals surface area contributed by atoms with Gasteiger partial charge >= 0.3 is 0 Å². The highest BCUT2D eigenvalue weighted by Gasteiger charge is 2.25. The van der Waals surface area contributed by atoms with Gasteiger partial charge in [-0.15, -0.1) is 0 Å². The second-order valence-electron chi connectivity index (χ2n) is 5.67. The van der Waals surface area contributed by atoms with E-state index in [4.69, 9.17) is 4.74 Å². The van der Waals surface area contributed by atoms with Gasteiger partial charge in [-0.3, -0.25) is 4.79 Å². The van der Waals surface area contributed by atoms with E-state index in [1.165, 1.54) is 5.56 Å². The Balaban J connectivity index is 1.86. The molecule has 1 aliphatic carbocycles. The van der Waals surface area contributed by atoms with Gasteiger partial charge in [-0.1, -0.05) is 30.3 Å². The van der Waals surface area contributed by atoms with E-state index in [0.717, 1.165) is 42.6 Å². The van der Waals surface area contributed by atoms with Gasteiger partial charge in [0.05, 0.1) is 7.11 Å². The van der Waals surface area contributed by atoms with E-state index in [1.807, 2.05) is 36.4 Å². The van der Waals surface area contributed by atoms with E-state index in [-0.39, 0.29) is 11.7 Å². The highest BCUT2D eigenvalue weighted by molar-refractivity contribution is 5.99. The topological polar surface area (TPSA) is 26.3 Å². The van der Waals surface area contributed by atoms with Crippen LogP contribution in [0.5, 0.6) is 5.75 Å². The Morgan fingerprint density at radius 3 is 2.71 bits per heavy atom. The molecule has 3 rings (SSSR count). The number of benzene rings is 2. The predicted octanol–water partition coefficient (Wildman–Crippen LogP) is 4.07. The summed E-state index contributed by atoms with van der Waals surface area (Å²) in [4.78, 5) is 12.8. The lowest BCUT2D eigenvalue weighted by molar-refractivity contribution is 0.0915. The summed E-state index contributed by atoms with van der Waals surface area (Å²) in [7, 11) is 1.67. The van der Waals surface area contributed by atoms with Crippen molar-refractivity contribution in [1.29, 1.82) is 0 Å². The summed E-state index contributed by atoms with van der Waals surface area (Å²) >= 11 is 0. The standard InChI is InChI=1S/C19H20O2/c1-21-17-10-11-18-15(13-17)8-5-9-16(19(18)20)12-14-6-3-2-4-7-14/h2-4,6-7,10-11,13,16H,5,8-9,12H2,1H3. The summed E-state index contributed by atoms with van der Waals surface area (Å²) < 4.78 is 5.27. The quantitative estimate of drug-likeness (QED) is 0.792. The summed E-state index contributed by atoms with van der Waals surface area (Å²) in [6, 6.07) is 16.1. The zero-order chi connectivity index (χ0) is 14.7. The van der Waals surface area contributed by atoms with Gasteiger partial charge in [0.2, 0.25) is 0 Å². The van der Waals surface area contributed by atoms with Crippen LogP contribution < -0.4 is 4.74 Å². The normalized spacial score (nSPS) is 18.0. The maximum atomic E-state index is 12.8. The number of ether oxygens (including phenoxy) is 1. The van der Waals surface area contributed by atoms with Crippen LogP contribution in [0.1, 0.15) is 34.3 Å². The van der Waals surface area contributed by atoms with Gasteiger partial charge in [0.1, 0.15) is 5.75 Å². The number of ketones is 1. The van der Waals surface area contributed by atoms with Crippen molar-refractivity contribution in [3.8, 4) is 5.75 Å². The first-order valence-corrected chi connectivity index (χ1v) is 7.53. The molecule has 1 aliphatic rings. The van der Waals surface area contributed by atoms with Gasteiger partial charge < -0.3 is 4.74 Å². The number of carbonyl (C=O) groups is 1. The van der Waals surface area contributed by atoms with Crippen molar-refractivity contribution in [2.24, 2.45) is 5.92 Å². The van der Waals surface area contributed by atoms with Crippen molar-refractivity contribution in [3.05, 3.63) is 65.2 Å². The molecule has 0 saturated heterocycles. The van der Waals surface area contributed by atoms with Crippen LogP contribution >= 0.6 is 0 Å². The van der Waals surface area contributed by atoms with Gasteiger partial charge in [0.25, 0.3) is 0 Å². The zero-order valence-electron chi connectivity index (χ0n) is 12.3. The van der Waals surface area contributed by atoms with Crippen molar-refractivity contribution in [3.63, 3.8) is 0 Å². The van der Waals surface area contributed by atoms with Gasteiger partial charge in [-0.2, -0.15) is 0 Å². The molecule has 2 nitrogen and oxygen atoms in total. The SMILES string of the molecule is COc1ccc2c(c1)CCCC(Cc1ccccc1)C2=O. The molecule has 0 fully saturated rings. The number of hydrogen-bond acceptors (Lipinski definition) is 2. The fourth-order valence-corrected chi connectivity index (χ4v) is 3.13.